The van der Waals surface area contributed by atoms with Gasteiger partial charge in [-0.2, -0.15) is 0 Å². The molecule has 0 N–H and O–H groups in total. The largest absolute Gasteiger partial charge is 0.356 e. The molecule has 6 nitrogen and oxygen atoms in total. The summed E-state index contributed by atoms with van der Waals surface area (Å²) in [6.07, 6.45) is 2.18. The minimum absolute atomic E-state index is 0.170. The summed E-state index contributed by atoms with van der Waals surface area (Å²) in [4.78, 5) is 17.2. The summed E-state index contributed by atoms with van der Waals surface area (Å²) >= 11 is 0. The van der Waals surface area contributed by atoms with E-state index in [0.717, 1.165) is 74.5 Å². The van der Waals surface area contributed by atoms with Crippen LogP contribution in [0, 0.1) is 6.92 Å². The molecule has 2 aliphatic heterocycles. The fourth-order valence-electron chi connectivity index (χ4n) is 4.64. The van der Waals surface area contributed by atoms with Crippen LogP contribution in [0.5, 0.6) is 0 Å². The van der Waals surface area contributed by atoms with Gasteiger partial charge in [-0.15, -0.1) is 0 Å². The summed E-state index contributed by atoms with van der Waals surface area (Å²) in [5, 5.41) is 5.50. The van der Waals surface area contributed by atoms with E-state index >= 15 is 0 Å². The maximum Gasteiger partial charge on any atom is 0.270 e. The molecule has 2 aliphatic rings. The molecule has 1 aromatic carbocycles. The van der Waals surface area contributed by atoms with Gasteiger partial charge in [0.2, 0.25) is 0 Å². The number of rotatable bonds is 4. The third-order valence-corrected chi connectivity index (χ3v) is 6.36. The standard InChI is InChI=1S/C22H26N4O2/c1-16-6-7-19-22(27)25(14-15-26(16)19)13-12-24-10-8-17(9-11-24)21-18-4-2-3-5-20(18)28-23-21/h2-7,17H,8-15H2,1H3. The number of fused-ring (bicyclic) bond motifs is 2. The maximum atomic E-state index is 12.7. The lowest BCUT2D eigenvalue weighted by Gasteiger charge is -2.34. The third kappa shape index (κ3) is 3.02. The van der Waals surface area contributed by atoms with Crippen molar-refractivity contribution in [3.05, 3.63) is 53.5 Å². The second kappa shape index (κ2) is 7.09. The Hall–Kier alpha value is -2.60. The van der Waals surface area contributed by atoms with Gasteiger partial charge in [0.15, 0.2) is 5.58 Å². The lowest BCUT2D eigenvalue weighted by molar-refractivity contribution is 0.0673. The van der Waals surface area contributed by atoms with Crippen molar-refractivity contribution in [2.75, 3.05) is 32.7 Å². The minimum atomic E-state index is 0.170. The molecule has 0 unspecified atom stereocenters. The van der Waals surface area contributed by atoms with E-state index in [-0.39, 0.29) is 5.91 Å². The molecule has 6 heteroatoms. The number of benzene rings is 1. The average Bonchev–Trinajstić information content (AvgIpc) is 3.32. The topological polar surface area (TPSA) is 54.5 Å². The lowest BCUT2D eigenvalue weighted by atomic mass is 9.91. The second-order valence-corrected chi connectivity index (χ2v) is 7.98. The van der Waals surface area contributed by atoms with Crippen molar-refractivity contribution >= 4 is 16.9 Å². The van der Waals surface area contributed by atoms with Crippen molar-refractivity contribution in [1.29, 1.82) is 0 Å². The van der Waals surface area contributed by atoms with Gasteiger partial charge in [0.05, 0.1) is 5.69 Å². The molecule has 0 radical (unpaired) electrons. The molecular weight excluding hydrogens is 352 g/mol. The Morgan fingerprint density at radius 1 is 1.04 bits per heavy atom. The van der Waals surface area contributed by atoms with Crippen LogP contribution in [-0.4, -0.2) is 58.2 Å². The molecule has 5 rings (SSSR count). The second-order valence-electron chi connectivity index (χ2n) is 7.98. The Bertz CT molecular complexity index is 997. The van der Waals surface area contributed by atoms with Crippen LogP contribution in [0.2, 0.25) is 0 Å². The number of likely N-dealkylation sites (tertiary alicyclic amines) is 1. The summed E-state index contributed by atoms with van der Waals surface area (Å²) < 4.78 is 7.62. The average molecular weight is 378 g/mol. The number of piperidine rings is 1. The van der Waals surface area contributed by atoms with Gasteiger partial charge < -0.3 is 18.9 Å². The maximum absolute atomic E-state index is 12.7. The zero-order chi connectivity index (χ0) is 19.1. The number of carbonyl (C=O) groups is 1. The third-order valence-electron chi connectivity index (χ3n) is 6.36. The van der Waals surface area contributed by atoms with E-state index in [0.29, 0.717) is 5.92 Å². The minimum Gasteiger partial charge on any atom is -0.356 e. The quantitative estimate of drug-likeness (QED) is 0.699. The summed E-state index contributed by atoms with van der Waals surface area (Å²) in [6.45, 7) is 7.61. The summed E-state index contributed by atoms with van der Waals surface area (Å²) in [5.41, 5.74) is 3.99. The van der Waals surface area contributed by atoms with Gasteiger partial charge in [0, 0.05) is 43.2 Å². The highest BCUT2D eigenvalue weighted by Crippen LogP contribution is 2.32. The first kappa shape index (κ1) is 17.5. The molecule has 0 bridgehead atoms. The first-order chi connectivity index (χ1) is 13.7. The van der Waals surface area contributed by atoms with Crippen LogP contribution in [0.4, 0.5) is 0 Å². The molecule has 0 atom stereocenters. The number of hydrogen-bond acceptors (Lipinski definition) is 4. The molecule has 0 saturated carbocycles. The first-order valence-corrected chi connectivity index (χ1v) is 10.2. The van der Waals surface area contributed by atoms with Gasteiger partial charge in [-0.3, -0.25) is 4.79 Å². The predicted octanol–water partition coefficient (Wildman–Crippen LogP) is 3.27. The van der Waals surface area contributed by atoms with Gasteiger partial charge >= 0.3 is 0 Å². The van der Waals surface area contributed by atoms with Crippen LogP contribution in [0.3, 0.4) is 0 Å². The van der Waals surface area contributed by atoms with Gasteiger partial charge in [-0.1, -0.05) is 17.3 Å². The van der Waals surface area contributed by atoms with Crippen LogP contribution >= 0.6 is 0 Å². The molecule has 28 heavy (non-hydrogen) atoms. The van der Waals surface area contributed by atoms with E-state index in [1.807, 2.05) is 35.2 Å². The Balaban J connectivity index is 1.17. The number of para-hydroxylation sites is 1. The van der Waals surface area contributed by atoms with Gasteiger partial charge in [0.25, 0.3) is 5.91 Å². The molecule has 1 amide bonds. The highest BCUT2D eigenvalue weighted by atomic mass is 16.5. The normalized spacial score (nSPS) is 18.8. The monoisotopic (exact) mass is 378 g/mol. The number of aromatic nitrogens is 2. The van der Waals surface area contributed by atoms with Crippen molar-refractivity contribution in [3.63, 3.8) is 0 Å². The molecule has 1 fully saturated rings. The number of hydrogen-bond donors (Lipinski definition) is 0. The van der Waals surface area contributed by atoms with Gasteiger partial charge in [0.1, 0.15) is 5.69 Å². The zero-order valence-corrected chi connectivity index (χ0v) is 16.3. The highest BCUT2D eigenvalue weighted by molar-refractivity contribution is 5.93. The van der Waals surface area contributed by atoms with Crippen molar-refractivity contribution in [1.82, 2.24) is 19.5 Å². The fourth-order valence-corrected chi connectivity index (χ4v) is 4.64. The van der Waals surface area contributed by atoms with Crippen molar-refractivity contribution in [3.8, 4) is 0 Å². The Labute approximate surface area is 164 Å². The van der Waals surface area contributed by atoms with Crippen LogP contribution in [-0.2, 0) is 6.54 Å². The molecular formula is C22H26N4O2. The zero-order valence-electron chi connectivity index (χ0n) is 16.3. The fraction of sp³-hybridized carbons (Fsp3) is 0.455. The number of aryl methyl sites for hydroxylation is 1. The Morgan fingerprint density at radius 2 is 1.86 bits per heavy atom. The van der Waals surface area contributed by atoms with Gasteiger partial charge in [-0.25, -0.2) is 0 Å². The summed E-state index contributed by atoms with van der Waals surface area (Å²) in [6, 6.07) is 12.1. The molecule has 0 aliphatic carbocycles. The SMILES string of the molecule is Cc1ccc2n1CCN(CCN1CCC(c3noc4ccccc34)CC1)C2=O. The van der Waals surface area contributed by atoms with Crippen molar-refractivity contribution in [2.45, 2.75) is 32.2 Å². The predicted molar refractivity (Wildman–Crippen MR) is 107 cm³/mol. The molecule has 1 saturated heterocycles. The van der Waals surface area contributed by atoms with Crippen LogP contribution in [0.15, 0.2) is 40.9 Å². The van der Waals surface area contributed by atoms with Crippen molar-refractivity contribution in [2.24, 2.45) is 0 Å². The van der Waals surface area contributed by atoms with E-state index < -0.39 is 0 Å². The number of amides is 1. The first-order valence-electron chi connectivity index (χ1n) is 10.2. The highest BCUT2D eigenvalue weighted by Gasteiger charge is 2.28. The summed E-state index contributed by atoms with van der Waals surface area (Å²) in [7, 11) is 0. The molecule has 146 valence electrons. The molecule has 0 spiro atoms. The van der Waals surface area contributed by atoms with E-state index in [9.17, 15) is 4.79 Å². The molecule has 4 heterocycles. The smallest absolute Gasteiger partial charge is 0.270 e. The molecule has 3 aromatic rings. The van der Waals surface area contributed by atoms with E-state index in [2.05, 4.69) is 27.6 Å². The van der Waals surface area contributed by atoms with E-state index in [1.165, 1.54) is 5.69 Å². The number of carbonyl (C=O) groups excluding carboxylic acids is 1. The van der Waals surface area contributed by atoms with Gasteiger partial charge in [-0.05, 0) is 57.1 Å². The van der Waals surface area contributed by atoms with E-state index in [1.54, 1.807) is 0 Å². The van der Waals surface area contributed by atoms with Crippen LogP contribution in [0.25, 0.3) is 11.0 Å². The Morgan fingerprint density at radius 3 is 2.71 bits per heavy atom. The Kier molecular flexibility index (Phi) is 4.43. The van der Waals surface area contributed by atoms with Crippen LogP contribution < -0.4 is 0 Å². The van der Waals surface area contributed by atoms with E-state index in [4.69, 9.17) is 4.52 Å². The van der Waals surface area contributed by atoms with Crippen molar-refractivity contribution < 1.29 is 9.32 Å². The number of nitrogens with zero attached hydrogens (tertiary/aromatic N) is 4. The lowest BCUT2D eigenvalue weighted by Crippen LogP contribution is -2.45. The molecule has 2 aromatic heterocycles. The van der Waals surface area contributed by atoms with Crippen LogP contribution in [0.1, 0.15) is 40.6 Å². The summed E-state index contributed by atoms with van der Waals surface area (Å²) in [5.74, 6) is 0.631.